The molecular formula is C22H18N4O3. The van der Waals surface area contributed by atoms with Crippen LogP contribution in [0.15, 0.2) is 85.5 Å². The summed E-state index contributed by atoms with van der Waals surface area (Å²) in [6.45, 7) is 0. The van der Waals surface area contributed by atoms with E-state index in [1.807, 2.05) is 35.2 Å². The van der Waals surface area contributed by atoms with Gasteiger partial charge in [0.1, 0.15) is 23.6 Å². The third kappa shape index (κ3) is 4.24. The standard InChI is InChI=1S/C22H18N4O3/c1-28-19-7-3-2-6-18(19)22(27)25-16-8-10-17(11-9-16)29-21-14-20(23-15-24-21)26-12-4-5-13-26/h2-15H,1H3,(H,25,27). The Balaban J connectivity index is 1.45. The summed E-state index contributed by atoms with van der Waals surface area (Å²) in [5, 5.41) is 2.85. The van der Waals surface area contributed by atoms with Crippen LogP contribution in [0.3, 0.4) is 0 Å². The van der Waals surface area contributed by atoms with Crippen LogP contribution in [0.4, 0.5) is 5.69 Å². The predicted molar refractivity (Wildman–Crippen MR) is 109 cm³/mol. The molecule has 0 fully saturated rings. The first-order valence-corrected chi connectivity index (χ1v) is 8.90. The molecule has 0 bridgehead atoms. The van der Waals surface area contributed by atoms with Crippen molar-refractivity contribution >= 4 is 11.6 Å². The zero-order chi connectivity index (χ0) is 20.1. The topological polar surface area (TPSA) is 78.3 Å². The van der Waals surface area contributed by atoms with Gasteiger partial charge in [0.05, 0.1) is 12.7 Å². The smallest absolute Gasteiger partial charge is 0.259 e. The highest BCUT2D eigenvalue weighted by molar-refractivity contribution is 6.06. The first-order chi connectivity index (χ1) is 14.2. The number of nitrogens with zero attached hydrogens (tertiary/aromatic N) is 3. The second-order valence-corrected chi connectivity index (χ2v) is 6.09. The minimum Gasteiger partial charge on any atom is -0.496 e. The first kappa shape index (κ1) is 18.2. The normalized spacial score (nSPS) is 10.4. The Hall–Kier alpha value is -4.13. The van der Waals surface area contributed by atoms with Gasteiger partial charge in [-0.15, -0.1) is 0 Å². The minimum atomic E-state index is -0.247. The lowest BCUT2D eigenvalue weighted by molar-refractivity contribution is 0.102. The molecule has 29 heavy (non-hydrogen) atoms. The molecular weight excluding hydrogens is 368 g/mol. The summed E-state index contributed by atoms with van der Waals surface area (Å²) < 4.78 is 12.9. The fourth-order valence-corrected chi connectivity index (χ4v) is 2.77. The van der Waals surface area contributed by atoms with Gasteiger partial charge < -0.3 is 19.4 Å². The summed E-state index contributed by atoms with van der Waals surface area (Å²) in [5.41, 5.74) is 1.11. The van der Waals surface area contributed by atoms with Crippen LogP contribution in [0, 0.1) is 0 Å². The van der Waals surface area contributed by atoms with E-state index in [1.54, 1.807) is 48.5 Å². The van der Waals surface area contributed by atoms with Crippen molar-refractivity contribution in [1.82, 2.24) is 14.5 Å². The van der Waals surface area contributed by atoms with Gasteiger partial charge in [0, 0.05) is 24.1 Å². The number of hydrogen-bond donors (Lipinski definition) is 1. The number of hydrogen-bond acceptors (Lipinski definition) is 5. The number of anilines is 1. The SMILES string of the molecule is COc1ccccc1C(=O)Nc1ccc(Oc2cc(-n3cccc3)ncn2)cc1. The Morgan fingerprint density at radius 3 is 2.48 bits per heavy atom. The summed E-state index contributed by atoms with van der Waals surface area (Å²) in [6.07, 6.45) is 5.24. The van der Waals surface area contributed by atoms with E-state index in [0.29, 0.717) is 34.4 Å². The monoisotopic (exact) mass is 386 g/mol. The highest BCUT2D eigenvalue weighted by atomic mass is 16.5. The fourth-order valence-electron chi connectivity index (χ4n) is 2.77. The first-order valence-electron chi connectivity index (χ1n) is 8.90. The molecule has 0 aliphatic heterocycles. The molecule has 7 heteroatoms. The Kier molecular flexibility index (Phi) is 5.20. The maximum atomic E-state index is 12.5. The lowest BCUT2D eigenvalue weighted by Gasteiger charge is -2.10. The Morgan fingerprint density at radius 1 is 0.966 bits per heavy atom. The van der Waals surface area contributed by atoms with E-state index < -0.39 is 0 Å². The lowest BCUT2D eigenvalue weighted by atomic mass is 10.2. The van der Waals surface area contributed by atoms with Gasteiger partial charge in [0.25, 0.3) is 5.91 Å². The van der Waals surface area contributed by atoms with Crippen molar-refractivity contribution in [3.8, 4) is 23.2 Å². The number of benzene rings is 2. The average molecular weight is 386 g/mol. The van der Waals surface area contributed by atoms with Crippen LogP contribution in [-0.2, 0) is 0 Å². The maximum absolute atomic E-state index is 12.5. The number of para-hydroxylation sites is 1. The molecule has 1 N–H and O–H groups in total. The molecule has 4 rings (SSSR count). The van der Waals surface area contributed by atoms with Crippen LogP contribution in [0.25, 0.3) is 5.82 Å². The zero-order valence-electron chi connectivity index (χ0n) is 15.6. The summed E-state index contributed by atoms with van der Waals surface area (Å²) in [6, 6.07) is 19.7. The fraction of sp³-hybridized carbons (Fsp3) is 0.0455. The van der Waals surface area contributed by atoms with Gasteiger partial charge in [0.2, 0.25) is 5.88 Å². The molecule has 1 amide bonds. The number of rotatable bonds is 6. The van der Waals surface area contributed by atoms with Crippen LogP contribution in [-0.4, -0.2) is 27.6 Å². The van der Waals surface area contributed by atoms with Crippen molar-refractivity contribution in [2.75, 3.05) is 12.4 Å². The van der Waals surface area contributed by atoms with Gasteiger partial charge in [-0.05, 0) is 48.5 Å². The maximum Gasteiger partial charge on any atom is 0.259 e. The molecule has 0 spiro atoms. The minimum absolute atomic E-state index is 0.247. The number of methoxy groups -OCH3 is 1. The molecule has 0 atom stereocenters. The number of carbonyl (C=O) groups excluding carboxylic acids is 1. The molecule has 0 aliphatic rings. The van der Waals surface area contributed by atoms with Gasteiger partial charge in [0.15, 0.2) is 0 Å². The van der Waals surface area contributed by atoms with Crippen molar-refractivity contribution in [3.63, 3.8) is 0 Å². The predicted octanol–water partition coefficient (Wildman–Crippen LogP) is 4.32. The van der Waals surface area contributed by atoms with E-state index in [2.05, 4.69) is 15.3 Å². The number of nitrogens with one attached hydrogen (secondary N) is 1. The Morgan fingerprint density at radius 2 is 1.72 bits per heavy atom. The van der Waals surface area contributed by atoms with Crippen molar-refractivity contribution in [2.24, 2.45) is 0 Å². The van der Waals surface area contributed by atoms with E-state index in [1.165, 1.54) is 13.4 Å². The van der Waals surface area contributed by atoms with Gasteiger partial charge in [-0.2, -0.15) is 0 Å². The quantitative estimate of drug-likeness (QED) is 0.534. The Labute approximate surface area is 167 Å². The molecule has 2 aromatic carbocycles. The molecule has 0 saturated heterocycles. The molecule has 0 unspecified atom stereocenters. The van der Waals surface area contributed by atoms with E-state index in [-0.39, 0.29) is 5.91 Å². The number of aromatic nitrogens is 3. The van der Waals surface area contributed by atoms with E-state index in [9.17, 15) is 4.79 Å². The van der Waals surface area contributed by atoms with E-state index in [4.69, 9.17) is 9.47 Å². The molecule has 2 heterocycles. The lowest BCUT2D eigenvalue weighted by Crippen LogP contribution is -2.12. The second-order valence-electron chi connectivity index (χ2n) is 6.09. The molecule has 144 valence electrons. The van der Waals surface area contributed by atoms with E-state index >= 15 is 0 Å². The van der Waals surface area contributed by atoms with Crippen LogP contribution < -0.4 is 14.8 Å². The Bertz CT molecular complexity index is 1110. The van der Waals surface area contributed by atoms with Crippen LogP contribution in [0.1, 0.15) is 10.4 Å². The zero-order valence-corrected chi connectivity index (χ0v) is 15.6. The average Bonchev–Trinajstić information content (AvgIpc) is 3.30. The molecule has 4 aromatic rings. The van der Waals surface area contributed by atoms with Gasteiger partial charge in [-0.25, -0.2) is 9.97 Å². The molecule has 0 aliphatic carbocycles. The third-order valence-corrected chi connectivity index (χ3v) is 4.18. The van der Waals surface area contributed by atoms with Crippen LogP contribution in [0.2, 0.25) is 0 Å². The summed E-state index contributed by atoms with van der Waals surface area (Å²) in [4.78, 5) is 20.8. The summed E-state index contributed by atoms with van der Waals surface area (Å²) in [7, 11) is 1.53. The summed E-state index contributed by atoms with van der Waals surface area (Å²) in [5.74, 6) is 2.00. The van der Waals surface area contributed by atoms with Gasteiger partial charge in [-0.3, -0.25) is 4.79 Å². The molecule has 7 nitrogen and oxygen atoms in total. The number of ether oxygens (including phenoxy) is 2. The second kappa shape index (κ2) is 8.26. The van der Waals surface area contributed by atoms with Gasteiger partial charge >= 0.3 is 0 Å². The largest absolute Gasteiger partial charge is 0.496 e. The van der Waals surface area contributed by atoms with Crippen molar-refractivity contribution in [3.05, 3.63) is 91.0 Å². The van der Waals surface area contributed by atoms with E-state index in [0.717, 1.165) is 0 Å². The summed E-state index contributed by atoms with van der Waals surface area (Å²) >= 11 is 0. The van der Waals surface area contributed by atoms with Crippen LogP contribution >= 0.6 is 0 Å². The highest BCUT2D eigenvalue weighted by Gasteiger charge is 2.11. The number of amides is 1. The van der Waals surface area contributed by atoms with Crippen molar-refractivity contribution < 1.29 is 14.3 Å². The van der Waals surface area contributed by atoms with Crippen molar-refractivity contribution in [1.29, 1.82) is 0 Å². The molecule has 0 radical (unpaired) electrons. The number of carbonyl (C=O) groups is 1. The van der Waals surface area contributed by atoms with Gasteiger partial charge in [-0.1, -0.05) is 12.1 Å². The van der Waals surface area contributed by atoms with Crippen molar-refractivity contribution in [2.45, 2.75) is 0 Å². The highest BCUT2D eigenvalue weighted by Crippen LogP contribution is 2.24. The van der Waals surface area contributed by atoms with Crippen LogP contribution in [0.5, 0.6) is 17.4 Å². The third-order valence-electron chi connectivity index (χ3n) is 4.18. The molecule has 2 aromatic heterocycles. The molecule has 0 saturated carbocycles.